The highest BCUT2D eigenvalue weighted by atomic mass is 16.2. The highest BCUT2D eigenvalue weighted by Crippen LogP contribution is 2.23. The fraction of sp³-hybridized carbons (Fsp3) is 0.905. The molecule has 0 spiro atoms. The van der Waals surface area contributed by atoms with Gasteiger partial charge < -0.3 is 20.4 Å². The van der Waals surface area contributed by atoms with E-state index >= 15 is 0 Å². The predicted octanol–water partition coefficient (Wildman–Crippen LogP) is 2.45. The van der Waals surface area contributed by atoms with Gasteiger partial charge >= 0.3 is 0 Å². The monoisotopic (exact) mass is 379 g/mol. The number of piperidine rings is 1. The molecule has 0 bridgehead atoms. The second kappa shape index (κ2) is 11.5. The first-order valence-corrected chi connectivity index (χ1v) is 11.0. The highest BCUT2D eigenvalue weighted by molar-refractivity contribution is 5.85. The molecule has 2 rings (SSSR count). The number of aliphatic imine (C=N–C) groups is 1. The molecule has 156 valence electrons. The quantitative estimate of drug-likeness (QED) is 0.527. The van der Waals surface area contributed by atoms with Crippen molar-refractivity contribution in [2.24, 2.45) is 10.9 Å². The second-order valence-electron chi connectivity index (χ2n) is 8.58. The van der Waals surface area contributed by atoms with E-state index in [2.05, 4.69) is 34.4 Å². The van der Waals surface area contributed by atoms with Gasteiger partial charge in [0.05, 0.1) is 0 Å². The van der Waals surface area contributed by atoms with E-state index < -0.39 is 0 Å². The topological polar surface area (TPSA) is 60.0 Å². The van der Waals surface area contributed by atoms with E-state index in [1.165, 1.54) is 45.1 Å². The first-order chi connectivity index (χ1) is 13.0. The molecule has 0 aromatic rings. The maximum Gasteiger partial charge on any atom is 0.243 e. The molecule has 1 saturated carbocycles. The van der Waals surface area contributed by atoms with Crippen molar-refractivity contribution in [3.05, 3.63) is 0 Å². The van der Waals surface area contributed by atoms with Crippen molar-refractivity contribution >= 4 is 11.9 Å². The number of likely N-dealkylation sites (tertiary alicyclic amines) is 1. The van der Waals surface area contributed by atoms with Gasteiger partial charge in [0.2, 0.25) is 5.91 Å². The number of guanidine groups is 1. The van der Waals surface area contributed by atoms with Gasteiger partial charge in [0, 0.05) is 39.3 Å². The summed E-state index contributed by atoms with van der Waals surface area (Å²) in [4.78, 5) is 20.8. The van der Waals surface area contributed by atoms with Crippen LogP contribution in [0.25, 0.3) is 0 Å². The van der Waals surface area contributed by atoms with Gasteiger partial charge in [-0.1, -0.05) is 33.1 Å². The Balaban J connectivity index is 1.91. The van der Waals surface area contributed by atoms with Crippen LogP contribution in [0.2, 0.25) is 0 Å². The number of nitrogens with zero attached hydrogens (tertiary/aromatic N) is 3. The molecule has 2 aliphatic rings. The predicted molar refractivity (Wildman–Crippen MR) is 113 cm³/mol. The number of amides is 1. The lowest BCUT2D eigenvalue weighted by molar-refractivity contribution is -0.127. The summed E-state index contributed by atoms with van der Waals surface area (Å²) in [6.07, 6.45) is 9.92. The summed E-state index contributed by atoms with van der Waals surface area (Å²) in [6, 6.07) is 0.909. The summed E-state index contributed by atoms with van der Waals surface area (Å²) in [7, 11) is 3.57. The molecule has 1 amide bonds. The van der Waals surface area contributed by atoms with Gasteiger partial charge in [0.25, 0.3) is 0 Å². The van der Waals surface area contributed by atoms with Crippen LogP contribution in [-0.2, 0) is 4.79 Å². The summed E-state index contributed by atoms with van der Waals surface area (Å²) in [5, 5.41) is 7.28. The SMILES string of the molecule is CCCCN1CCC(NC(=NCC(=O)N(C)C)NC2CCCCC2C)CC1. The van der Waals surface area contributed by atoms with E-state index in [1.54, 1.807) is 19.0 Å². The number of unbranched alkanes of at least 4 members (excludes halogenated alkanes) is 1. The zero-order chi connectivity index (χ0) is 19.6. The number of carbonyl (C=O) groups is 1. The molecule has 0 aromatic heterocycles. The number of nitrogens with one attached hydrogen (secondary N) is 2. The molecule has 1 aliphatic heterocycles. The van der Waals surface area contributed by atoms with Crippen molar-refractivity contribution in [3.63, 3.8) is 0 Å². The van der Waals surface area contributed by atoms with Crippen molar-refractivity contribution in [3.8, 4) is 0 Å². The Kier molecular flexibility index (Phi) is 9.39. The minimum Gasteiger partial charge on any atom is -0.354 e. The Labute approximate surface area is 166 Å². The Morgan fingerprint density at radius 2 is 1.81 bits per heavy atom. The average molecular weight is 380 g/mol. The smallest absolute Gasteiger partial charge is 0.243 e. The maximum absolute atomic E-state index is 12.0. The van der Waals surface area contributed by atoms with E-state index in [0.717, 1.165) is 31.9 Å². The number of rotatable bonds is 7. The third-order valence-corrected chi connectivity index (χ3v) is 6.06. The van der Waals surface area contributed by atoms with Gasteiger partial charge in [-0.15, -0.1) is 0 Å². The van der Waals surface area contributed by atoms with E-state index in [9.17, 15) is 4.79 Å². The van der Waals surface area contributed by atoms with Crippen molar-refractivity contribution in [2.45, 2.75) is 77.3 Å². The molecular formula is C21H41N5O. The Hall–Kier alpha value is -1.30. The third kappa shape index (κ3) is 7.68. The van der Waals surface area contributed by atoms with Crippen LogP contribution in [0.15, 0.2) is 4.99 Å². The van der Waals surface area contributed by atoms with Crippen LogP contribution in [0.5, 0.6) is 0 Å². The molecule has 2 atom stereocenters. The molecule has 6 nitrogen and oxygen atoms in total. The van der Waals surface area contributed by atoms with Crippen molar-refractivity contribution in [2.75, 3.05) is 40.3 Å². The summed E-state index contributed by atoms with van der Waals surface area (Å²) in [6.45, 7) is 8.32. The molecule has 27 heavy (non-hydrogen) atoms. The molecule has 1 heterocycles. The van der Waals surface area contributed by atoms with Crippen molar-refractivity contribution < 1.29 is 4.79 Å². The van der Waals surface area contributed by atoms with Crippen LogP contribution >= 0.6 is 0 Å². The molecule has 2 fully saturated rings. The Morgan fingerprint density at radius 1 is 1.11 bits per heavy atom. The van der Waals surface area contributed by atoms with Gasteiger partial charge in [-0.05, 0) is 44.6 Å². The lowest BCUT2D eigenvalue weighted by Gasteiger charge is -2.35. The Morgan fingerprint density at radius 3 is 2.44 bits per heavy atom. The molecule has 1 saturated heterocycles. The fourth-order valence-electron chi connectivity index (χ4n) is 4.00. The second-order valence-corrected chi connectivity index (χ2v) is 8.58. The lowest BCUT2D eigenvalue weighted by atomic mass is 9.86. The minimum absolute atomic E-state index is 0.0437. The van der Waals surface area contributed by atoms with Gasteiger partial charge in [0.1, 0.15) is 6.54 Å². The lowest BCUT2D eigenvalue weighted by Crippen LogP contribution is -2.52. The fourth-order valence-corrected chi connectivity index (χ4v) is 4.00. The first-order valence-electron chi connectivity index (χ1n) is 11.0. The molecule has 2 unspecified atom stereocenters. The molecular weight excluding hydrogens is 338 g/mol. The molecule has 0 aromatic carbocycles. The van der Waals surface area contributed by atoms with Crippen LogP contribution in [0.3, 0.4) is 0 Å². The van der Waals surface area contributed by atoms with Crippen LogP contribution in [0.1, 0.15) is 65.2 Å². The zero-order valence-corrected chi connectivity index (χ0v) is 18.0. The average Bonchev–Trinajstić information content (AvgIpc) is 2.66. The number of hydrogen-bond donors (Lipinski definition) is 2. The number of hydrogen-bond acceptors (Lipinski definition) is 3. The molecule has 1 aliphatic carbocycles. The Bertz CT molecular complexity index is 471. The van der Waals surface area contributed by atoms with Gasteiger partial charge in [-0.3, -0.25) is 4.79 Å². The maximum atomic E-state index is 12.0. The number of carbonyl (C=O) groups excluding carboxylic acids is 1. The van der Waals surface area contributed by atoms with E-state index in [4.69, 9.17) is 0 Å². The standard InChI is InChI=1S/C21H41N5O/c1-5-6-13-26-14-11-18(12-15-26)23-21(22-16-20(27)25(3)4)24-19-10-8-7-9-17(19)2/h17-19H,5-16H2,1-4H3,(H2,22,23,24). The van der Waals surface area contributed by atoms with Crippen molar-refractivity contribution in [1.82, 2.24) is 20.4 Å². The van der Waals surface area contributed by atoms with E-state index in [0.29, 0.717) is 18.0 Å². The van der Waals surface area contributed by atoms with Gasteiger partial charge in [-0.25, -0.2) is 4.99 Å². The zero-order valence-electron chi connectivity index (χ0n) is 18.0. The van der Waals surface area contributed by atoms with Gasteiger partial charge in [0.15, 0.2) is 5.96 Å². The van der Waals surface area contributed by atoms with Crippen LogP contribution in [-0.4, -0.2) is 74.0 Å². The molecule has 0 radical (unpaired) electrons. The molecule has 2 N–H and O–H groups in total. The largest absolute Gasteiger partial charge is 0.354 e. The van der Waals surface area contributed by atoms with Crippen LogP contribution in [0.4, 0.5) is 0 Å². The van der Waals surface area contributed by atoms with Crippen LogP contribution < -0.4 is 10.6 Å². The summed E-state index contributed by atoms with van der Waals surface area (Å²) in [5.74, 6) is 1.53. The summed E-state index contributed by atoms with van der Waals surface area (Å²) >= 11 is 0. The minimum atomic E-state index is 0.0437. The first kappa shape index (κ1) is 22.0. The van der Waals surface area contributed by atoms with Crippen LogP contribution in [0, 0.1) is 5.92 Å². The molecule has 6 heteroatoms. The highest BCUT2D eigenvalue weighted by Gasteiger charge is 2.24. The number of likely N-dealkylation sites (N-methyl/N-ethyl adjacent to an activating group) is 1. The normalized spacial score (nSPS) is 25.3. The third-order valence-electron chi connectivity index (χ3n) is 6.06. The van der Waals surface area contributed by atoms with Gasteiger partial charge in [-0.2, -0.15) is 0 Å². The summed E-state index contributed by atoms with van der Waals surface area (Å²) in [5.41, 5.74) is 0. The van der Waals surface area contributed by atoms with E-state index in [1.807, 2.05) is 0 Å². The van der Waals surface area contributed by atoms with E-state index in [-0.39, 0.29) is 12.5 Å². The van der Waals surface area contributed by atoms with Crippen molar-refractivity contribution in [1.29, 1.82) is 0 Å². The summed E-state index contributed by atoms with van der Waals surface area (Å²) < 4.78 is 0.